The molecule has 11 heteroatoms. The zero-order chi connectivity index (χ0) is 23.4. The number of sulfonamides is 1. The van der Waals surface area contributed by atoms with E-state index in [0.29, 0.717) is 23.9 Å². The van der Waals surface area contributed by atoms with Gasteiger partial charge in [-0.2, -0.15) is 17.5 Å². The number of hydrogen-bond acceptors (Lipinski definition) is 5. The third-order valence-electron chi connectivity index (χ3n) is 5.75. The monoisotopic (exact) mass is 466 g/mol. The van der Waals surface area contributed by atoms with Crippen molar-refractivity contribution in [1.29, 1.82) is 0 Å². The molecule has 0 aliphatic carbocycles. The van der Waals surface area contributed by atoms with E-state index in [1.54, 1.807) is 16.4 Å². The Balaban J connectivity index is 0.000000423. The first-order valence-electron chi connectivity index (χ1n) is 9.98. The van der Waals surface area contributed by atoms with E-state index in [1.165, 1.54) is 0 Å². The summed E-state index contributed by atoms with van der Waals surface area (Å²) in [4.78, 5) is 11.6. The van der Waals surface area contributed by atoms with Crippen LogP contribution in [0.4, 0.5) is 13.2 Å². The average Bonchev–Trinajstić information content (AvgIpc) is 2.65. The minimum Gasteiger partial charge on any atom is -0.475 e. The minimum atomic E-state index is -5.08. The second kappa shape index (κ2) is 9.85. The molecule has 2 heterocycles. The van der Waals surface area contributed by atoms with Crippen molar-refractivity contribution in [2.75, 3.05) is 39.9 Å². The van der Waals surface area contributed by atoms with Gasteiger partial charge in [0.1, 0.15) is 0 Å². The van der Waals surface area contributed by atoms with Crippen molar-refractivity contribution in [3.8, 4) is 0 Å². The molecule has 7 nitrogen and oxygen atoms in total. The molecule has 2 saturated heterocycles. The molecule has 1 aromatic carbocycles. The molecule has 0 bridgehead atoms. The zero-order valence-corrected chi connectivity index (χ0v) is 18.7. The molecule has 3 rings (SSSR count). The number of hydrogen-bond donors (Lipinski definition) is 1. The summed E-state index contributed by atoms with van der Waals surface area (Å²) in [6.45, 7) is 7.69. The molecule has 1 atom stereocenters. The lowest BCUT2D eigenvalue weighted by atomic mass is 9.77. The summed E-state index contributed by atoms with van der Waals surface area (Å²) >= 11 is 0. The van der Waals surface area contributed by atoms with Crippen molar-refractivity contribution in [3.63, 3.8) is 0 Å². The van der Waals surface area contributed by atoms with Gasteiger partial charge < -0.3 is 9.84 Å². The van der Waals surface area contributed by atoms with Gasteiger partial charge in [-0.05, 0) is 58.3 Å². The number of carboxylic acid groups (broad SMARTS) is 1. The molecule has 1 N–H and O–H groups in total. The first-order chi connectivity index (χ1) is 14.3. The maximum Gasteiger partial charge on any atom is 0.490 e. The first-order valence-corrected chi connectivity index (χ1v) is 11.4. The van der Waals surface area contributed by atoms with Crippen molar-refractivity contribution < 1.29 is 36.2 Å². The molecule has 1 unspecified atom stereocenters. The Hall–Kier alpha value is -1.69. The Kier molecular flexibility index (Phi) is 8.12. The Morgan fingerprint density at radius 1 is 1.26 bits per heavy atom. The van der Waals surface area contributed by atoms with Crippen LogP contribution in [0.3, 0.4) is 0 Å². The van der Waals surface area contributed by atoms with Crippen LogP contribution < -0.4 is 0 Å². The molecule has 31 heavy (non-hydrogen) atoms. The third kappa shape index (κ3) is 6.18. The van der Waals surface area contributed by atoms with E-state index < -0.39 is 22.2 Å². The molecule has 0 aromatic heterocycles. The molecule has 2 fully saturated rings. The molecule has 0 amide bonds. The highest BCUT2D eigenvalue weighted by Crippen LogP contribution is 2.40. The lowest BCUT2D eigenvalue weighted by molar-refractivity contribution is -0.192. The normalized spacial score (nSPS) is 21.8. The Labute approximate surface area is 180 Å². The number of halogens is 3. The number of alkyl halides is 3. The predicted octanol–water partition coefficient (Wildman–Crippen LogP) is 2.75. The number of benzene rings is 1. The summed E-state index contributed by atoms with van der Waals surface area (Å²) in [6, 6.07) is 7.12. The number of aliphatic carboxylic acids is 1. The second-order valence-electron chi connectivity index (χ2n) is 8.05. The lowest BCUT2D eigenvalue weighted by Crippen LogP contribution is -2.72. The van der Waals surface area contributed by atoms with Crippen LogP contribution in [0.25, 0.3) is 0 Å². The van der Waals surface area contributed by atoms with Crippen LogP contribution in [-0.4, -0.2) is 80.3 Å². The smallest absolute Gasteiger partial charge is 0.475 e. The Morgan fingerprint density at radius 2 is 1.81 bits per heavy atom. The van der Waals surface area contributed by atoms with Crippen LogP contribution in [0.5, 0.6) is 0 Å². The maximum atomic E-state index is 12.8. The zero-order valence-electron chi connectivity index (χ0n) is 17.9. The molecule has 2 aliphatic heterocycles. The van der Waals surface area contributed by atoms with E-state index in [2.05, 4.69) is 11.9 Å². The number of likely N-dealkylation sites (tertiary alicyclic amines) is 1. The van der Waals surface area contributed by atoms with Gasteiger partial charge in [-0.1, -0.05) is 17.7 Å². The fourth-order valence-electron chi connectivity index (χ4n) is 3.85. The highest BCUT2D eigenvalue weighted by Gasteiger charge is 2.53. The van der Waals surface area contributed by atoms with Crippen LogP contribution >= 0.6 is 0 Å². The number of carbonyl (C=O) groups is 1. The molecule has 1 aromatic rings. The fourth-order valence-corrected chi connectivity index (χ4v) is 5.44. The van der Waals surface area contributed by atoms with E-state index in [1.807, 2.05) is 26.0 Å². The van der Waals surface area contributed by atoms with Crippen molar-refractivity contribution in [2.24, 2.45) is 5.92 Å². The standard InChI is InChI=1S/C18H28N2O3S.C2HF3O2/c1-4-23-12-16-9-10-19(3)18(11-16)13-20(14-18)24(21,22)17-7-5-15(2)6-8-17;3-2(4,5)1(6)7/h5-8,16H,4,9-14H2,1-3H3;(H,6,7). The molecular weight excluding hydrogens is 437 g/mol. The van der Waals surface area contributed by atoms with Crippen LogP contribution in [0, 0.1) is 12.8 Å². The van der Waals surface area contributed by atoms with Gasteiger partial charge in [-0.3, -0.25) is 4.90 Å². The van der Waals surface area contributed by atoms with Gasteiger partial charge in [-0.15, -0.1) is 0 Å². The fraction of sp³-hybridized carbons (Fsp3) is 0.650. The summed E-state index contributed by atoms with van der Waals surface area (Å²) < 4.78 is 64.5. The summed E-state index contributed by atoms with van der Waals surface area (Å²) in [5.41, 5.74) is 1.05. The summed E-state index contributed by atoms with van der Waals surface area (Å²) in [7, 11) is -1.26. The highest BCUT2D eigenvalue weighted by atomic mass is 32.2. The number of rotatable bonds is 5. The summed E-state index contributed by atoms with van der Waals surface area (Å²) in [6.07, 6.45) is -2.94. The number of aryl methyl sites for hydroxylation is 1. The molecule has 176 valence electrons. The summed E-state index contributed by atoms with van der Waals surface area (Å²) in [5.74, 6) is -2.22. The van der Waals surface area contributed by atoms with Crippen molar-refractivity contribution in [3.05, 3.63) is 29.8 Å². The molecule has 2 aliphatic rings. The molecule has 1 spiro atoms. The van der Waals surface area contributed by atoms with Crippen molar-refractivity contribution >= 4 is 16.0 Å². The number of carboxylic acids is 1. The SMILES string of the molecule is CCOCC1CCN(C)C2(C1)CN(S(=O)(=O)c1ccc(C)cc1)C2.O=C(O)C(F)(F)F. The second-order valence-corrected chi connectivity index (χ2v) is 9.99. The minimum absolute atomic E-state index is 0.0161. The van der Waals surface area contributed by atoms with E-state index in [-0.39, 0.29) is 5.54 Å². The number of nitrogens with zero attached hydrogens (tertiary/aromatic N) is 2. The van der Waals surface area contributed by atoms with Gasteiger partial charge in [0.25, 0.3) is 0 Å². The molecule has 0 radical (unpaired) electrons. The highest BCUT2D eigenvalue weighted by molar-refractivity contribution is 7.89. The van der Waals surface area contributed by atoms with Crippen LogP contribution in [0.1, 0.15) is 25.3 Å². The van der Waals surface area contributed by atoms with E-state index in [0.717, 1.165) is 38.2 Å². The first kappa shape index (κ1) is 25.6. The quantitative estimate of drug-likeness (QED) is 0.718. The third-order valence-corrected chi connectivity index (χ3v) is 7.56. The van der Waals surface area contributed by atoms with E-state index >= 15 is 0 Å². The lowest BCUT2D eigenvalue weighted by Gasteiger charge is -2.57. The Morgan fingerprint density at radius 3 is 2.29 bits per heavy atom. The Bertz CT molecular complexity index is 851. The van der Waals surface area contributed by atoms with E-state index in [4.69, 9.17) is 14.6 Å². The van der Waals surface area contributed by atoms with Gasteiger partial charge >= 0.3 is 12.1 Å². The number of piperidine rings is 1. The van der Waals surface area contributed by atoms with Gasteiger partial charge in [-0.25, -0.2) is 13.2 Å². The van der Waals surface area contributed by atoms with Gasteiger partial charge in [0, 0.05) is 31.8 Å². The van der Waals surface area contributed by atoms with Crippen molar-refractivity contribution in [1.82, 2.24) is 9.21 Å². The largest absolute Gasteiger partial charge is 0.490 e. The van der Waals surface area contributed by atoms with Gasteiger partial charge in [0.2, 0.25) is 10.0 Å². The average molecular weight is 467 g/mol. The van der Waals surface area contributed by atoms with Crippen molar-refractivity contribution in [2.45, 2.75) is 43.3 Å². The molecular formula is C20H29F3N2O5S. The topological polar surface area (TPSA) is 87.2 Å². The van der Waals surface area contributed by atoms with Crippen LogP contribution in [-0.2, 0) is 19.6 Å². The van der Waals surface area contributed by atoms with Gasteiger partial charge in [0.15, 0.2) is 0 Å². The predicted molar refractivity (Wildman–Crippen MR) is 108 cm³/mol. The van der Waals surface area contributed by atoms with Crippen LogP contribution in [0.2, 0.25) is 0 Å². The summed E-state index contributed by atoms with van der Waals surface area (Å²) in [5, 5.41) is 7.12. The number of ether oxygens (including phenoxy) is 1. The molecule has 0 saturated carbocycles. The maximum absolute atomic E-state index is 12.8. The van der Waals surface area contributed by atoms with Gasteiger partial charge in [0.05, 0.1) is 4.90 Å². The van der Waals surface area contributed by atoms with Crippen LogP contribution in [0.15, 0.2) is 29.2 Å². The number of likely N-dealkylation sites (N-methyl/N-ethyl adjacent to an activating group) is 1. The van der Waals surface area contributed by atoms with E-state index in [9.17, 15) is 21.6 Å².